The highest BCUT2D eigenvalue weighted by Gasteiger charge is 2.18. The molecular weight excluding hydrogens is 397 g/mol. The lowest BCUT2D eigenvalue weighted by molar-refractivity contribution is 0.0696. The summed E-state index contributed by atoms with van der Waals surface area (Å²) in [6.45, 7) is 1.47. The summed E-state index contributed by atoms with van der Waals surface area (Å²) in [4.78, 5) is 12.1. The Morgan fingerprint density at radius 3 is 2.82 bits per heavy atom. The minimum Gasteiger partial charge on any atom is -0.381 e. The number of halogens is 2. The number of hydrogen-bond acceptors (Lipinski definition) is 2. The molecule has 1 N–H and O–H groups in total. The lowest BCUT2D eigenvalue weighted by Crippen LogP contribution is -2.39. The van der Waals surface area contributed by atoms with Gasteiger partial charge in [-0.05, 0) is 53.6 Å². The number of hydrogen-bond donors (Lipinski definition) is 1. The van der Waals surface area contributed by atoms with Crippen LogP contribution in [0, 0.1) is 3.57 Å². The van der Waals surface area contributed by atoms with Gasteiger partial charge >= 0.3 is 0 Å². The first-order valence-electron chi connectivity index (χ1n) is 5.50. The number of amides is 1. The molecule has 0 radical (unpaired) electrons. The molecule has 1 aliphatic rings. The van der Waals surface area contributed by atoms with E-state index in [1.54, 1.807) is 0 Å². The average molecular weight is 410 g/mol. The molecule has 0 spiro atoms. The maximum atomic E-state index is 12.1. The summed E-state index contributed by atoms with van der Waals surface area (Å²) < 4.78 is 7.16. The summed E-state index contributed by atoms with van der Waals surface area (Å²) in [5.41, 5.74) is 0.728. The van der Waals surface area contributed by atoms with E-state index in [1.807, 2.05) is 18.2 Å². The van der Waals surface area contributed by atoms with Crippen molar-refractivity contribution in [2.45, 2.75) is 18.9 Å². The monoisotopic (exact) mass is 409 g/mol. The zero-order chi connectivity index (χ0) is 12.3. The summed E-state index contributed by atoms with van der Waals surface area (Å²) in [6, 6.07) is 5.97. The predicted octanol–water partition coefficient (Wildman–Crippen LogP) is 2.96. The van der Waals surface area contributed by atoms with E-state index in [4.69, 9.17) is 4.74 Å². The van der Waals surface area contributed by atoms with Crippen molar-refractivity contribution in [2.75, 3.05) is 13.2 Å². The van der Waals surface area contributed by atoms with Gasteiger partial charge in [-0.25, -0.2) is 0 Å². The van der Waals surface area contributed by atoms with Gasteiger partial charge in [-0.15, -0.1) is 0 Å². The van der Waals surface area contributed by atoms with Crippen molar-refractivity contribution in [1.29, 1.82) is 0 Å². The van der Waals surface area contributed by atoms with Crippen LogP contribution in [0.4, 0.5) is 0 Å². The quantitative estimate of drug-likeness (QED) is 0.762. The van der Waals surface area contributed by atoms with Gasteiger partial charge in [-0.2, -0.15) is 0 Å². The maximum absolute atomic E-state index is 12.1. The fraction of sp³-hybridized carbons (Fsp3) is 0.417. The van der Waals surface area contributed by atoms with Crippen LogP contribution in [-0.2, 0) is 4.74 Å². The van der Waals surface area contributed by atoms with E-state index >= 15 is 0 Å². The van der Waals surface area contributed by atoms with E-state index in [-0.39, 0.29) is 11.9 Å². The van der Waals surface area contributed by atoms with Crippen LogP contribution in [0.1, 0.15) is 23.2 Å². The molecule has 2 rings (SSSR count). The Kier molecular flexibility index (Phi) is 4.81. The highest BCUT2D eigenvalue weighted by atomic mass is 127. The van der Waals surface area contributed by atoms with Gasteiger partial charge in [0.25, 0.3) is 5.91 Å². The van der Waals surface area contributed by atoms with Gasteiger partial charge in [-0.1, -0.05) is 15.9 Å². The second kappa shape index (κ2) is 6.15. The summed E-state index contributed by atoms with van der Waals surface area (Å²) in [6.07, 6.45) is 1.80. The smallest absolute Gasteiger partial charge is 0.252 e. The number of carbonyl (C=O) groups excluding carboxylic acids is 1. The molecular formula is C12H13BrINO2. The highest BCUT2D eigenvalue weighted by Crippen LogP contribution is 2.19. The first-order chi connectivity index (χ1) is 8.16. The summed E-state index contributed by atoms with van der Waals surface area (Å²) >= 11 is 5.57. The third kappa shape index (κ3) is 3.66. The Morgan fingerprint density at radius 1 is 1.41 bits per heavy atom. The topological polar surface area (TPSA) is 38.3 Å². The number of carbonyl (C=O) groups is 1. The van der Waals surface area contributed by atoms with Gasteiger partial charge in [0.1, 0.15) is 0 Å². The summed E-state index contributed by atoms with van der Waals surface area (Å²) in [5.74, 6) is 0.00241. The SMILES string of the molecule is O=C(NC1CCOCC1)c1cc(Br)ccc1I. The normalized spacial score (nSPS) is 16.8. The Morgan fingerprint density at radius 2 is 2.12 bits per heavy atom. The molecule has 1 aromatic rings. The van der Waals surface area contributed by atoms with E-state index in [9.17, 15) is 4.79 Å². The minimum atomic E-state index is 0.00241. The summed E-state index contributed by atoms with van der Waals surface area (Å²) in [7, 11) is 0. The van der Waals surface area contributed by atoms with Crippen molar-refractivity contribution < 1.29 is 9.53 Å². The van der Waals surface area contributed by atoms with E-state index in [0.717, 1.165) is 39.7 Å². The third-order valence-electron chi connectivity index (χ3n) is 2.73. The minimum absolute atomic E-state index is 0.00241. The molecule has 5 heteroatoms. The van der Waals surface area contributed by atoms with Crippen LogP contribution in [0.3, 0.4) is 0 Å². The van der Waals surface area contributed by atoms with Crippen LogP contribution in [0.5, 0.6) is 0 Å². The fourth-order valence-electron chi connectivity index (χ4n) is 1.78. The molecule has 0 saturated carbocycles. The van der Waals surface area contributed by atoms with Crippen LogP contribution in [0.15, 0.2) is 22.7 Å². The molecule has 0 atom stereocenters. The van der Waals surface area contributed by atoms with Crippen molar-refractivity contribution >= 4 is 44.4 Å². The Hall–Kier alpha value is -0.140. The van der Waals surface area contributed by atoms with Crippen molar-refractivity contribution in [3.63, 3.8) is 0 Å². The Labute approximate surface area is 123 Å². The molecule has 92 valence electrons. The standard InChI is InChI=1S/C12H13BrINO2/c13-8-1-2-11(14)10(7-8)12(16)15-9-3-5-17-6-4-9/h1-2,7,9H,3-6H2,(H,15,16). The molecule has 0 aliphatic carbocycles. The molecule has 1 heterocycles. The van der Waals surface area contributed by atoms with Crippen LogP contribution >= 0.6 is 38.5 Å². The Balaban J connectivity index is 2.05. The molecule has 1 aromatic carbocycles. The number of rotatable bonds is 2. The van der Waals surface area contributed by atoms with Crippen molar-refractivity contribution in [1.82, 2.24) is 5.32 Å². The maximum Gasteiger partial charge on any atom is 0.252 e. The third-order valence-corrected chi connectivity index (χ3v) is 4.16. The van der Waals surface area contributed by atoms with Gasteiger partial charge in [0.05, 0.1) is 5.56 Å². The van der Waals surface area contributed by atoms with Crippen molar-refractivity contribution in [3.8, 4) is 0 Å². The second-order valence-electron chi connectivity index (χ2n) is 3.98. The molecule has 17 heavy (non-hydrogen) atoms. The van der Waals surface area contributed by atoms with Gasteiger partial charge in [0.15, 0.2) is 0 Å². The molecule has 0 unspecified atom stereocenters. The van der Waals surface area contributed by atoms with E-state index in [1.165, 1.54) is 0 Å². The van der Waals surface area contributed by atoms with Crippen molar-refractivity contribution in [3.05, 3.63) is 31.8 Å². The average Bonchev–Trinajstić information content (AvgIpc) is 2.33. The van der Waals surface area contributed by atoms with E-state index < -0.39 is 0 Å². The number of ether oxygens (including phenoxy) is 1. The fourth-order valence-corrected chi connectivity index (χ4v) is 2.72. The predicted molar refractivity (Wildman–Crippen MR) is 78.2 cm³/mol. The highest BCUT2D eigenvalue weighted by molar-refractivity contribution is 14.1. The Bertz CT molecular complexity index is 419. The second-order valence-corrected chi connectivity index (χ2v) is 6.06. The zero-order valence-corrected chi connectivity index (χ0v) is 13.0. The molecule has 1 fully saturated rings. The van der Waals surface area contributed by atoms with E-state index in [0.29, 0.717) is 0 Å². The lowest BCUT2D eigenvalue weighted by Gasteiger charge is -2.23. The molecule has 1 amide bonds. The number of nitrogens with one attached hydrogen (secondary N) is 1. The van der Waals surface area contributed by atoms with Gasteiger partial charge in [-0.3, -0.25) is 4.79 Å². The zero-order valence-electron chi connectivity index (χ0n) is 9.21. The molecule has 3 nitrogen and oxygen atoms in total. The van der Waals surface area contributed by atoms with Gasteiger partial charge in [0.2, 0.25) is 0 Å². The van der Waals surface area contributed by atoms with Gasteiger partial charge in [0, 0.05) is 27.3 Å². The van der Waals surface area contributed by atoms with Crippen LogP contribution in [0.2, 0.25) is 0 Å². The molecule has 1 aliphatic heterocycles. The van der Waals surface area contributed by atoms with Crippen LogP contribution in [0.25, 0.3) is 0 Å². The van der Waals surface area contributed by atoms with Gasteiger partial charge < -0.3 is 10.1 Å². The largest absolute Gasteiger partial charge is 0.381 e. The lowest BCUT2D eigenvalue weighted by atomic mass is 10.1. The number of benzene rings is 1. The summed E-state index contributed by atoms with van der Waals surface area (Å²) in [5, 5.41) is 3.06. The molecule has 1 saturated heterocycles. The molecule has 0 bridgehead atoms. The first kappa shape index (κ1) is 13.3. The van der Waals surface area contributed by atoms with E-state index in [2.05, 4.69) is 43.8 Å². The van der Waals surface area contributed by atoms with Crippen LogP contribution < -0.4 is 5.32 Å². The first-order valence-corrected chi connectivity index (χ1v) is 7.37. The van der Waals surface area contributed by atoms with Crippen LogP contribution in [-0.4, -0.2) is 25.2 Å². The molecule has 0 aromatic heterocycles. The van der Waals surface area contributed by atoms with Crippen molar-refractivity contribution in [2.24, 2.45) is 0 Å².